The predicted octanol–water partition coefficient (Wildman–Crippen LogP) is 3.57. The SMILES string of the molecule is Brc1cccc(CCOCn2c(NC3CCNCC3)nc3ccccc32)n1. The molecule has 0 atom stereocenters. The number of aromatic nitrogens is 3. The molecule has 0 radical (unpaired) electrons. The maximum atomic E-state index is 5.98. The number of para-hydroxylation sites is 2. The summed E-state index contributed by atoms with van der Waals surface area (Å²) in [7, 11) is 0. The van der Waals surface area contributed by atoms with Crippen molar-refractivity contribution in [3.8, 4) is 0 Å². The monoisotopic (exact) mass is 429 g/mol. The van der Waals surface area contributed by atoms with Crippen LogP contribution in [0.1, 0.15) is 18.5 Å². The lowest BCUT2D eigenvalue weighted by Gasteiger charge is -2.24. The molecule has 1 aromatic carbocycles. The normalized spacial score (nSPS) is 15.3. The highest BCUT2D eigenvalue weighted by Crippen LogP contribution is 2.21. The van der Waals surface area contributed by atoms with Crippen molar-refractivity contribution >= 4 is 32.9 Å². The molecule has 4 rings (SSSR count). The number of anilines is 1. The van der Waals surface area contributed by atoms with E-state index in [-0.39, 0.29) is 0 Å². The Balaban J connectivity index is 1.43. The summed E-state index contributed by atoms with van der Waals surface area (Å²) in [6.07, 6.45) is 3.00. The van der Waals surface area contributed by atoms with Gasteiger partial charge in [0.05, 0.1) is 17.6 Å². The fraction of sp³-hybridized carbons (Fsp3) is 0.400. The highest BCUT2D eigenvalue weighted by Gasteiger charge is 2.17. The topological polar surface area (TPSA) is 64.0 Å². The van der Waals surface area contributed by atoms with Crippen LogP contribution >= 0.6 is 15.9 Å². The van der Waals surface area contributed by atoms with Crippen LogP contribution in [0.5, 0.6) is 0 Å². The lowest BCUT2D eigenvalue weighted by Crippen LogP contribution is -2.36. The van der Waals surface area contributed by atoms with Crippen LogP contribution in [0.15, 0.2) is 47.1 Å². The van der Waals surface area contributed by atoms with Gasteiger partial charge in [-0.1, -0.05) is 18.2 Å². The van der Waals surface area contributed by atoms with Crippen molar-refractivity contribution in [2.24, 2.45) is 0 Å². The average Bonchev–Trinajstić information content (AvgIpc) is 3.03. The molecule has 6 nitrogen and oxygen atoms in total. The van der Waals surface area contributed by atoms with E-state index in [0.29, 0.717) is 19.4 Å². The molecular weight excluding hydrogens is 406 g/mol. The summed E-state index contributed by atoms with van der Waals surface area (Å²) in [4.78, 5) is 9.24. The van der Waals surface area contributed by atoms with Gasteiger partial charge >= 0.3 is 0 Å². The zero-order valence-corrected chi connectivity index (χ0v) is 16.8. The van der Waals surface area contributed by atoms with Gasteiger partial charge in [-0.3, -0.25) is 4.57 Å². The maximum absolute atomic E-state index is 5.98. The molecule has 2 N–H and O–H groups in total. The number of fused-ring (bicyclic) bond motifs is 1. The summed E-state index contributed by atoms with van der Waals surface area (Å²) in [6, 6.07) is 14.6. The van der Waals surface area contributed by atoms with Crippen LogP contribution in [-0.2, 0) is 17.9 Å². The molecule has 3 aromatic rings. The minimum absolute atomic E-state index is 0.452. The second-order valence-electron chi connectivity index (χ2n) is 6.76. The van der Waals surface area contributed by atoms with Crippen LogP contribution < -0.4 is 10.6 Å². The molecule has 0 aliphatic carbocycles. The Morgan fingerprint density at radius 3 is 2.81 bits per heavy atom. The van der Waals surface area contributed by atoms with E-state index >= 15 is 0 Å². The Bertz CT molecular complexity index is 891. The Labute approximate surface area is 167 Å². The number of benzene rings is 1. The van der Waals surface area contributed by atoms with E-state index in [1.165, 1.54) is 0 Å². The first-order valence-electron chi connectivity index (χ1n) is 9.41. The molecule has 1 aliphatic heterocycles. The number of pyridine rings is 1. The van der Waals surface area contributed by atoms with Crippen LogP contribution in [0.2, 0.25) is 0 Å². The molecule has 0 amide bonds. The summed E-state index contributed by atoms with van der Waals surface area (Å²) in [5, 5.41) is 7.02. The van der Waals surface area contributed by atoms with Crippen molar-refractivity contribution in [1.29, 1.82) is 0 Å². The molecular formula is C20H24BrN5O. The molecule has 7 heteroatoms. The molecule has 0 spiro atoms. The van der Waals surface area contributed by atoms with E-state index in [4.69, 9.17) is 9.72 Å². The van der Waals surface area contributed by atoms with Gasteiger partial charge in [-0.15, -0.1) is 0 Å². The molecule has 1 aliphatic rings. The quantitative estimate of drug-likeness (QED) is 0.443. The van der Waals surface area contributed by atoms with Crippen molar-refractivity contribution < 1.29 is 4.74 Å². The Morgan fingerprint density at radius 1 is 1.11 bits per heavy atom. The molecule has 1 saturated heterocycles. The fourth-order valence-corrected chi connectivity index (χ4v) is 3.77. The Kier molecular flexibility index (Phi) is 6.01. The number of piperidine rings is 1. The second kappa shape index (κ2) is 8.82. The fourth-order valence-electron chi connectivity index (χ4n) is 3.39. The summed E-state index contributed by atoms with van der Waals surface area (Å²) < 4.78 is 8.96. The minimum Gasteiger partial charge on any atom is -0.360 e. The van der Waals surface area contributed by atoms with E-state index in [1.807, 2.05) is 36.4 Å². The standard InChI is InChI=1S/C20H24BrN5O/c21-19-7-3-4-15(23-19)10-13-27-14-26-18-6-2-1-5-17(18)25-20(26)24-16-8-11-22-12-9-16/h1-7,16,22H,8-14H2,(H,24,25). The third-order valence-corrected chi connectivity index (χ3v) is 5.26. The van der Waals surface area contributed by atoms with Gasteiger partial charge in [-0.05, 0) is 66.1 Å². The second-order valence-corrected chi connectivity index (χ2v) is 7.57. The van der Waals surface area contributed by atoms with Crippen LogP contribution in [0.25, 0.3) is 11.0 Å². The summed E-state index contributed by atoms with van der Waals surface area (Å²) in [5.74, 6) is 0.892. The van der Waals surface area contributed by atoms with Crippen LogP contribution in [0.3, 0.4) is 0 Å². The number of ether oxygens (including phenoxy) is 1. The van der Waals surface area contributed by atoms with Gasteiger partial charge in [0.1, 0.15) is 11.3 Å². The summed E-state index contributed by atoms with van der Waals surface area (Å²) in [6.45, 7) is 3.19. The van der Waals surface area contributed by atoms with Gasteiger partial charge in [-0.2, -0.15) is 0 Å². The number of nitrogens with one attached hydrogen (secondary N) is 2. The van der Waals surface area contributed by atoms with Gasteiger partial charge in [0.25, 0.3) is 0 Å². The van der Waals surface area contributed by atoms with Gasteiger partial charge in [-0.25, -0.2) is 9.97 Å². The van der Waals surface area contributed by atoms with E-state index in [2.05, 4.69) is 42.2 Å². The average molecular weight is 430 g/mol. The van der Waals surface area contributed by atoms with Crippen molar-refractivity contribution in [2.45, 2.75) is 32.0 Å². The predicted molar refractivity (Wildman–Crippen MR) is 111 cm³/mol. The number of imidazole rings is 1. The zero-order chi connectivity index (χ0) is 18.5. The zero-order valence-electron chi connectivity index (χ0n) is 15.2. The molecule has 2 aromatic heterocycles. The van der Waals surface area contributed by atoms with Gasteiger partial charge in [0.2, 0.25) is 5.95 Å². The molecule has 142 valence electrons. The lowest BCUT2D eigenvalue weighted by atomic mass is 10.1. The molecule has 0 saturated carbocycles. The van der Waals surface area contributed by atoms with Crippen molar-refractivity contribution in [3.63, 3.8) is 0 Å². The number of hydrogen-bond acceptors (Lipinski definition) is 5. The van der Waals surface area contributed by atoms with Gasteiger partial charge < -0.3 is 15.4 Å². The first kappa shape index (κ1) is 18.4. The Morgan fingerprint density at radius 2 is 1.96 bits per heavy atom. The summed E-state index contributed by atoms with van der Waals surface area (Å²) >= 11 is 3.41. The third-order valence-electron chi connectivity index (χ3n) is 4.82. The molecule has 3 heterocycles. The van der Waals surface area contributed by atoms with Crippen LogP contribution in [0.4, 0.5) is 5.95 Å². The number of nitrogens with zero attached hydrogens (tertiary/aromatic N) is 3. The maximum Gasteiger partial charge on any atom is 0.206 e. The van der Waals surface area contributed by atoms with Crippen molar-refractivity contribution in [2.75, 3.05) is 25.0 Å². The highest BCUT2D eigenvalue weighted by molar-refractivity contribution is 9.10. The first-order valence-corrected chi connectivity index (χ1v) is 10.2. The highest BCUT2D eigenvalue weighted by atomic mass is 79.9. The molecule has 0 bridgehead atoms. The molecule has 27 heavy (non-hydrogen) atoms. The van der Waals surface area contributed by atoms with E-state index in [1.54, 1.807) is 0 Å². The van der Waals surface area contributed by atoms with Gasteiger partial charge in [0, 0.05) is 18.2 Å². The third kappa shape index (κ3) is 4.66. The number of rotatable bonds is 7. The lowest BCUT2D eigenvalue weighted by molar-refractivity contribution is 0.0826. The van der Waals surface area contributed by atoms with Crippen molar-refractivity contribution in [3.05, 3.63) is 52.8 Å². The Hall–Kier alpha value is -1.96. The molecule has 1 fully saturated rings. The molecule has 0 unspecified atom stereocenters. The smallest absolute Gasteiger partial charge is 0.206 e. The summed E-state index contributed by atoms with van der Waals surface area (Å²) in [5.41, 5.74) is 3.11. The number of hydrogen-bond donors (Lipinski definition) is 2. The first-order chi connectivity index (χ1) is 13.3. The largest absolute Gasteiger partial charge is 0.360 e. The number of halogens is 1. The van der Waals surface area contributed by atoms with E-state index < -0.39 is 0 Å². The minimum atomic E-state index is 0.452. The van der Waals surface area contributed by atoms with Crippen LogP contribution in [0, 0.1) is 0 Å². The van der Waals surface area contributed by atoms with Gasteiger partial charge in [0.15, 0.2) is 0 Å². The van der Waals surface area contributed by atoms with E-state index in [9.17, 15) is 0 Å². The van der Waals surface area contributed by atoms with Crippen LogP contribution in [-0.4, -0.2) is 40.3 Å². The van der Waals surface area contributed by atoms with Crippen molar-refractivity contribution in [1.82, 2.24) is 19.9 Å². The van der Waals surface area contributed by atoms with E-state index in [0.717, 1.165) is 59.6 Å².